The monoisotopic (exact) mass is 207 g/mol. The second-order valence-electron chi connectivity index (χ2n) is 3.11. The number of hydrogen-bond donors (Lipinski definition) is 0. The summed E-state index contributed by atoms with van der Waals surface area (Å²) >= 11 is 0. The standard InChI is InChI=1S/C10H10FN3O/c1-14-6-12-13-10(14)8-4-3-7(15-2)5-9(8)11/h3-6H,1-2H3. The molecule has 0 aliphatic carbocycles. The van der Waals surface area contributed by atoms with E-state index in [-0.39, 0.29) is 5.82 Å². The first-order valence-electron chi connectivity index (χ1n) is 4.40. The number of methoxy groups -OCH3 is 1. The Kier molecular flexibility index (Phi) is 2.37. The van der Waals surface area contributed by atoms with Crippen LogP contribution in [-0.2, 0) is 7.05 Å². The van der Waals surface area contributed by atoms with E-state index in [9.17, 15) is 4.39 Å². The minimum atomic E-state index is -0.370. The van der Waals surface area contributed by atoms with Gasteiger partial charge in [-0.05, 0) is 12.1 Å². The summed E-state index contributed by atoms with van der Waals surface area (Å²) in [6, 6.07) is 4.63. The van der Waals surface area contributed by atoms with Crippen LogP contribution >= 0.6 is 0 Å². The third-order valence-electron chi connectivity index (χ3n) is 2.13. The molecule has 2 rings (SSSR count). The molecular weight excluding hydrogens is 197 g/mol. The minimum Gasteiger partial charge on any atom is -0.497 e. The smallest absolute Gasteiger partial charge is 0.166 e. The fourth-order valence-electron chi connectivity index (χ4n) is 1.33. The van der Waals surface area contributed by atoms with Crippen molar-refractivity contribution >= 4 is 0 Å². The Morgan fingerprint density at radius 3 is 2.73 bits per heavy atom. The minimum absolute atomic E-state index is 0.370. The quantitative estimate of drug-likeness (QED) is 0.751. The van der Waals surface area contributed by atoms with Crippen LogP contribution in [0.15, 0.2) is 24.5 Å². The van der Waals surface area contributed by atoms with Crippen molar-refractivity contribution in [3.63, 3.8) is 0 Å². The number of nitrogens with zero attached hydrogens (tertiary/aromatic N) is 3. The lowest BCUT2D eigenvalue weighted by atomic mass is 10.2. The Hall–Kier alpha value is -1.91. The Balaban J connectivity index is 2.50. The SMILES string of the molecule is COc1ccc(-c2nncn2C)c(F)c1. The topological polar surface area (TPSA) is 39.9 Å². The predicted molar refractivity (Wildman–Crippen MR) is 52.9 cm³/mol. The van der Waals surface area contributed by atoms with Gasteiger partial charge >= 0.3 is 0 Å². The molecule has 2 aromatic rings. The molecule has 0 atom stereocenters. The van der Waals surface area contributed by atoms with Gasteiger partial charge in [-0.15, -0.1) is 10.2 Å². The van der Waals surface area contributed by atoms with Gasteiger partial charge in [-0.25, -0.2) is 4.39 Å². The highest BCUT2D eigenvalue weighted by Gasteiger charge is 2.10. The highest BCUT2D eigenvalue weighted by molar-refractivity contribution is 5.57. The van der Waals surface area contributed by atoms with Gasteiger partial charge in [0.25, 0.3) is 0 Å². The molecule has 1 heterocycles. The number of aryl methyl sites for hydroxylation is 1. The van der Waals surface area contributed by atoms with Gasteiger partial charge < -0.3 is 9.30 Å². The molecule has 0 unspecified atom stereocenters. The summed E-state index contributed by atoms with van der Waals surface area (Å²) in [7, 11) is 3.26. The van der Waals surface area contributed by atoms with Crippen LogP contribution in [0.3, 0.4) is 0 Å². The molecule has 0 aliphatic heterocycles. The summed E-state index contributed by atoms with van der Waals surface area (Å²) in [5, 5.41) is 7.53. The summed E-state index contributed by atoms with van der Waals surface area (Å²) in [5.74, 6) is 0.610. The molecule has 0 spiro atoms. The van der Waals surface area contributed by atoms with Crippen LogP contribution in [0.25, 0.3) is 11.4 Å². The number of halogens is 1. The first-order valence-corrected chi connectivity index (χ1v) is 4.40. The molecule has 0 saturated heterocycles. The van der Waals surface area contributed by atoms with E-state index in [0.717, 1.165) is 0 Å². The molecule has 0 radical (unpaired) electrons. The van der Waals surface area contributed by atoms with Gasteiger partial charge in [0.05, 0.1) is 12.7 Å². The van der Waals surface area contributed by atoms with Crippen LogP contribution in [0.1, 0.15) is 0 Å². The van der Waals surface area contributed by atoms with Gasteiger partial charge in [-0.1, -0.05) is 0 Å². The van der Waals surface area contributed by atoms with Crippen molar-refractivity contribution in [1.29, 1.82) is 0 Å². The maximum Gasteiger partial charge on any atom is 0.166 e. The first kappa shape index (κ1) is 9.64. The Labute approximate surface area is 86.3 Å². The fraction of sp³-hybridized carbons (Fsp3) is 0.200. The summed E-state index contributed by atoms with van der Waals surface area (Å²) in [6.45, 7) is 0. The summed E-state index contributed by atoms with van der Waals surface area (Å²) in [6.07, 6.45) is 1.53. The molecule has 4 nitrogen and oxygen atoms in total. The highest BCUT2D eigenvalue weighted by atomic mass is 19.1. The van der Waals surface area contributed by atoms with Gasteiger partial charge in [-0.3, -0.25) is 0 Å². The normalized spacial score (nSPS) is 10.3. The zero-order valence-corrected chi connectivity index (χ0v) is 8.44. The van der Waals surface area contributed by atoms with Crippen molar-refractivity contribution in [3.8, 4) is 17.1 Å². The zero-order valence-electron chi connectivity index (χ0n) is 8.44. The van der Waals surface area contributed by atoms with E-state index in [1.165, 1.54) is 19.5 Å². The Bertz CT molecular complexity index is 481. The van der Waals surface area contributed by atoms with E-state index >= 15 is 0 Å². The molecule has 15 heavy (non-hydrogen) atoms. The number of ether oxygens (including phenoxy) is 1. The van der Waals surface area contributed by atoms with E-state index in [4.69, 9.17) is 4.74 Å². The van der Waals surface area contributed by atoms with Crippen molar-refractivity contribution in [2.24, 2.45) is 7.05 Å². The van der Waals surface area contributed by atoms with E-state index < -0.39 is 0 Å². The van der Waals surface area contributed by atoms with E-state index in [1.807, 2.05) is 0 Å². The Morgan fingerprint density at radius 2 is 2.20 bits per heavy atom. The molecule has 0 fully saturated rings. The molecule has 0 bridgehead atoms. The second-order valence-corrected chi connectivity index (χ2v) is 3.11. The molecule has 78 valence electrons. The molecular formula is C10H10FN3O. The number of aromatic nitrogens is 3. The third-order valence-corrected chi connectivity index (χ3v) is 2.13. The molecule has 1 aromatic carbocycles. The number of rotatable bonds is 2. The van der Waals surface area contributed by atoms with Gasteiger partial charge in [-0.2, -0.15) is 0 Å². The lowest BCUT2D eigenvalue weighted by Gasteiger charge is -2.04. The van der Waals surface area contributed by atoms with Crippen LogP contribution in [0, 0.1) is 5.82 Å². The molecule has 0 N–H and O–H groups in total. The van der Waals surface area contributed by atoms with Gasteiger partial charge in [0.2, 0.25) is 0 Å². The summed E-state index contributed by atoms with van der Waals surface area (Å²) < 4.78 is 20.2. The van der Waals surface area contributed by atoms with Gasteiger partial charge in [0.15, 0.2) is 5.82 Å². The van der Waals surface area contributed by atoms with Crippen LogP contribution in [0.5, 0.6) is 5.75 Å². The average Bonchev–Trinajstić information content (AvgIpc) is 2.64. The molecule has 0 saturated carbocycles. The predicted octanol–water partition coefficient (Wildman–Crippen LogP) is 1.63. The maximum atomic E-state index is 13.6. The van der Waals surface area contributed by atoms with Crippen molar-refractivity contribution < 1.29 is 9.13 Å². The van der Waals surface area contributed by atoms with Crippen LogP contribution in [0.2, 0.25) is 0 Å². The molecule has 5 heteroatoms. The second kappa shape index (κ2) is 3.68. The van der Waals surface area contributed by atoms with Crippen LogP contribution in [-0.4, -0.2) is 21.9 Å². The van der Waals surface area contributed by atoms with Crippen molar-refractivity contribution in [1.82, 2.24) is 14.8 Å². The van der Waals surface area contributed by atoms with E-state index in [0.29, 0.717) is 17.1 Å². The van der Waals surface area contributed by atoms with Gasteiger partial charge in [0, 0.05) is 13.1 Å². The lowest BCUT2D eigenvalue weighted by Crippen LogP contribution is -1.94. The molecule has 1 aromatic heterocycles. The number of hydrogen-bond acceptors (Lipinski definition) is 3. The largest absolute Gasteiger partial charge is 0.497 e. The molecule has 0 aliphatic rings. The van der Waals surface area contributed by atoms with Crippen molar-refractivity contribution in [2.75, 3.05) is 7.11 Å². The third kappa shape index (κ3) is 1.68. The first-order chi connectivity index (χ1) is 7.22. The lowest BCUT2D eigenvalue weighted by molar-refractivity contribution is 0.411. The molecule has 0 amide bonds. The van der Waals surface area contributed by atoms with E-state index in [1.54, 1.807) is 23.7 Å². The van der Waals surface area contributed by atoms with Crippen molar-refractivity contribution in [3.05, 3.63) is 30.3 Å². The highest BCUT2D eigenvalue weighted by Crippen LogP contribution is 2.23. The average molecular weight is 207 g/mol. The van der Waals surface area contributed by atoms with E-state index in [2.05, 4.69) is 10.2 Å². The fourth-order valence-corrected chi connectivity index (χ4v) is 1.33. The zero-order chi connectivity index (χ0) is 10.8. The van der Waals surface area contributed by atoms with Gasteiger partial charge in [0.1, 0.15) is 17.9 Å². The number of benzene rings is 1. The van der Waals surface area contributed by atoms with Crippen LogP contribution in [0.4, 0.5) is 4.39 Å². The maximum absolute atomic E-state index is 13.6. The Morgan fingerprint density at radius 1 is 1.40 bits per heavy atom. The van der Waals surface area contributed by atoms with Crippen LogP contribution < -0.4 is 4.74 Å². The summed E-state index contributed by atoms with van der Waals surface area (Å²) in [4.78, 5) is 0. The summed E-state index contributed by atoms with van der Waals surface area (Å²) in [5.41, 5.74) is 0.413. The van der Waals surface area contributed by atoms with Crippen molar-refractivity contribution in [2.45, 2.75) is 0 Å².